The molecule has 1 aromatic rings. The molecular weight excluding hydrogens is 202 g/mol. The molecule has 0 amide bonds. The molecule has 14 heavy (non-hydrogen) atoms. The number of anilines is 1. The predicted molar refractivity (Wildman–Crippen MR) is 56.7 cm³/mol. The largest absolute Gasteiger partial charge is 0.465 e. The Balaban J connectivity index is 3.47. The number of ether oxygens (including phenoxy) is 1. The summed E-state index contributed by atoms with van der Waals surface area (Å²) in [7, 11) is 1.32. The van der Waals surface area contributed by atoms with Crippen LogP contribution in [0.3, 0.4) is 0 Å². The van der Waals surface area contributed by atoms with E-state index in [9.17, 15) is 4.79 Å². The Hall–Kier alpha value is -1.22. The lowest BCUT2D eigenvalue weighted by Crippen LogP contribution is -2.08. The van der Waals surface area contributed by atoms with E-state index in [4.69, 9.17) is 17.3 Å². The zero-order valence-corrected chi connectivity index (χ0v) is 9.11. The molecule has 76 valence electrons. The van der Waals surface area contributed by atoms with Crippen molar-refractivity contribution in [1.29, 1.82) is 0 Å². The number of nitrogens with two attached hydrogens (primary N) is 1. The highest BCUT2D eigenvalue weighted by Crippen LogP contribution is 2.28. The van der Waals surface area contributed by atoms with Gasteiger partial charge in [-0.3, -0.25) is 0 Å². The van der Waals surface area contributed by atoms with Crippen LogP contribution in [0.1, 0.15) is 21.5 Å². The third-order valence-electron chi connectivity index (χ3n) is 2.14. The topological polar surface area (TPSA) is 52.3 Å². The Morgan fingerprint density at radius 1 is 1.50 bits per heavy atom. The first-order valence-electron chi connectivity index (χ1n) is 4.12. The first-order valence-corrected chi connectivity index (χ1v) is 4.50. The van der Waals surface area contributed by atoms with Crippen LogP contribution in [0.15, 0.2) is 6.07 Å². The molecule has 1 rings (SSSR count). The lowest BCUT2D eigenvalue weighted by atomic mass is 10.0. The third-order valence-corrected chi connectivity index (χ3v) is 2.62. The SMILES string of the molecule is COC(=O)c1c(C)c(N)cc(C)c1Cl. The van der Waals surface area contributed by atoms with Crippen LogP contribution in [0.4, 0.5) is 5.69 Å². The van der Waals surface area contributed by atoms with Gasteiger partial charge in [0.05, 0.1) is 17.7 Å². The van der Waals surface area contributed by atoms with E-state index in [1.54, 1.807) is 19.9 Å². The van der Waals surface area contributed by atoms with Crippen molar-refractivity contribution in [3.05, 3.63) is 27.8 Å². The molecule has 0 fully saturated rings. The number of halogens is 1. The van der Waals surface area contributed by atoms with Gasteiger partial charge < -0.3 is 10.5 Å². The Morgan fingerprint density at radius 3 is 2.57 bits per heavy atom. The zero-order chi connectivity index (χ0) is 10.9. The second-order valence-electron chi connectivity index (χ2n) is 3.09. The number of aryl methyl sites for hydroxylation is 1. The maximum Gasteiger partial charge on any atom is 0.339 e. The summed E-state index contributed by atoms with van der Waals surface area (Å²) in [5.74, 6) is -0.456. The third kappa shape index (κ3) is 1.68. The van der Waals surface area contributed by atoms with Gasteiger partial charge in [-0.15, -0.1) is 0 Å². The van der Waals surface area contributed by atoms with E-state index in [0.29, 0.717) is 21.8 Å². The average Bonchev–Trinajstić information content (AvgIpc) is 2.15. The quantitative estimate of drug-likeness (QED) is 0.576. The number of esters is 1. The van der Waals surface area contributed by atoms with Gasteiger partial charge in [0.25, 0.3) is 0 Å². The minimum absolute atomic E-state index is 0.353. The summed E-state index contributed by atoms with van der Waals surface area (Å²) < 4.78 is 4.63. The van der Waals surface area contributed by atoms with Crippen LogP contribution in [-0.2, 0) is 4.74 Å². The number of carbonyl (C=O) groups is 1. The lowest BCUT2D eigenvalue weighted by molar-refractivity contribution is 0.0600. The second kappa shape index (κ2) is 3.88. The molecule has 0 saturated heterocycles. The van der Waals surface area contributed by atoms with Gasteiger partial charge in [-0.2, -0.15) is 0 Å². The van der Waals surface area contributed by atoms with Crippen LogP contribution >= 0.6 is 11.6 Å². The first-order chi connectivity index (χ1) is 6.49. The van der Waals surface area contributed by atoms with Gasteiger partial charge in [-0.05, 0) is 31.0 Å². The molecule has 0 aliphatic rings. The highest BCUT2D eigenvalue weighted by atomic mass is 35.5. The normalized spacial score (nSPS) is 10.0. The summed E-state index contributed by atoms with van der Waals surface area (Å²) in [6, 6.07) is 1.74. The molecule has 0 heterocycles. The summed E-state index contributed by atoms with van der Waals surface area (Å²) in [5, 5.41) is 0.406. The van der Waals surface area contributed by atoms with Crippen LogP contribution in [0, 0.1) is 13.8 Å². The van der Waals surface area contributed by atoms with Crippen LogP contribution in [0.25, 0.3) is 0 Å². The average molecular weight is 214 g/mol. The highest BCUT2D eigenvalue weighted by Gasteiger charge is 2.17. The first kappa shape index (κ1) is 10.9. The van der Waals surface area contributed by atoms with Crippen molar-refractivity contribution in [2.24, 2.45) is 0 Å². The monoisotopic (exact) mass is 213 g/mol. The zero-order valence-electron chi connectivity index (χ0n) is 8.35. The molecule has 0 radical (unpaired) electrons. The maximum absolute atomic E-state index is 11.4. The number of methoxy groups -OCH3 is 1. The summed E-state index contributed by atoms with van der Waals surface area (Å²) >= 11 is 5.99. The molecule has 3 nitrogen and oxygen atoms in total. The molecule has 0 unspecified atom stereocenters. The molecule has 0 spiro atoms. The molecule has 2 N–H and O–H groups in total. The Bertz CT molecular complexity index is 362. The fraction of sp³-hybridized carbons (Fsp3) is 0.300. The van der Waals surface area contributed by atoms with Crippen molar-refractivity contribution in [3.8, 4) is 0 Å². The van der Waals surface area contributed by atoms with E-state index in [1.807, 2.05) is 0 Å². The molecule has 0 aromatic heterocycles. The number of benzene rings is 1. The Morgan fingerprint density at radius 2 is 2.07 bits per heavy atom. The molecule has 0 aliphatic carbocycles. The fourth-order valence-corrected chi connectivity index (χ4v) is 1.53. The standard InChI is InChI=1S/C10H12ClNO2/c1-5-4-7(12)6(2)8(9(5)11)10(13)14-3/h4H,12H2,1-3H3. The number of carbonyl (C=O) groups excluding carboxylic acids is 1. The van der Waals surface area contributed by atoms with Crippen molar-refractivity contribution in [2.75, 3.05) is 12.8 Å². The Kier molecular flexibility index (Phi) is 3.01. The molecule has 0 saturated carbocycles. The summed E-state index contributed by atoms with van der Waals surface area (Å²) in [6.45, 7) is 3.54. The molecule has 0 bridgehead atoms. The van der Waals surface area contributed by atoms with Gasteiger partial charge in [-0.1, -0.05) is 11.6 Å². The summed E-state index contributed by atoms with van der Waals surface area (Å²) in [4.78, 5) is 11.4. The minimum atomic E-state index is -0.456. The molecule has 0 atom stereocenters. The van der Waals surface area contributed by atoms with Gasteiger partial charge in [0.2, 0.25) is 0 Å². The number of nitrogen functional groups attached to an aromatic ring is 1. The Labute approximate surface area is 87.8 Å². The van der Waals surface area contributed by atoms with Crippen LogP contribution in [0.5, 0.6) is 0 Å². The molecule has 4 heteroatoms. The van der Waals surface area contributed by atoms with Crippen molar-refractivity contribution in [1.82, 2.24) is 0 Å². The van der Waals surface area contributed by atoms with Gasteiger partial charge in [0.15, 0.2) is 0 Å². The molecular formula is C10H12ClNO2. The number of rotatable bonds is 1. The minimum Gasteiger partial charge on any atom is -0.465 e. The van der Waals surface area contributed by atoms with E-state index in [0.717, 1.165) is 5.56 Å². The van der Waals surface area contributed by atoms with Crippen molar-refractivity contribution in [2.45, 2.75) is 13.8 Å². The van der Waals surface area contributed by atoms with Gasteiger partial charge in [-0.25, -0.2) is 4.79 Å². The fourth-order valence-electron chi connectivity index (χ4n) is 1.26. The van der Waals surface area contributed by atoms with Crippen LogP contribution < -0.4 is 5.73 Å². The van der Waals surface area contributed by atoms with Crippen molar-refractivity contribution in [3.63, 3.8) is 0 Å². The van der Waals surface area contributed by atoms with Crippen LogP contribution in [0.2, 0.25) is 5.02 Å². The van der Waals surface area contributed by atoms with E-state index < -0.39 is 5.97 Å². The molecule has 0 aliphatic heterocycles. The molecule has 1 aromatic carbocycles. The maximum atomic E-state index is 11.4. The highest BCUT2D eigenvalue weighted by molar-refractivity contribution is 6.34. The lowest BCUT2D eigenvalue weighted by Gasteiger charge is -2.11. The van der Waals surface area contributed by atoms with E-state index in [1.165, 1.54) is 7.11 Å². The van der Waals surface area contributed by atoms with E-state index in [-0.39, 0.29) is 0 Å². The van der Waals surface area contributed by atoms with E-state index >= 15 is 0 Å². The number of hydrogen-bond acceptors (Lipinski definition) is 3. The summed E-state index contributed by atoms with van der Waals surface area (Å²) in [5.41, 5.74) is 8.05. The van der Waals surface area contributed by atoms with E-state index in [2.05, 4.69) is 4.74 Å². The summed E-state index contributed by atoms with van der Waals surface area (Å²) in [6.07, 6.45) is 0. The second-order valence-corrected chi connectivity index (χ2v) is 3.47. The number of hydrogen-bond donors (Lipinski definition) is 1. The van der Waals surface area contributed by atoms with Crippen molar-refractivity contribution < 1.29 is 9.53 Å². The van der Waals surface area contributed by atoms with Gasteiger partial charge in [0.1, 0.15) is 0 Å². The van der Waals surface area contributed by atoms with Crippen molar-refractivity contribution >= 4 is 23.3 Å². The van der Waals surface area contributed by atoms with Gasteiger partial charge >= 0.3 is 5.97 Å². The predicted octanol–water partition coefficient (Wildman–Crippen LogP) is 2.33. The van der Waals surface area contributed by atoms with Gasteiger partial charge in [0, 0.05) is 5.69 Å². The smallest absolute Gasteiger partial charge is 0.339 e. The van der Waals surface area contributed by atoms with Crippen LogP contribution in [-0.4, -0.2) is 13.1 Å².